The van der Waals surface area contributed by atoms with Crippen molar-refractivity contribution in [3.05, 3.63) is 36.4 Å². The van der Waals surface area contributed by atoms with Crippen LogP contribution in [0.15, 0.2) is 36.4 Å². The van der Waals surface area contributed by atoms with Crippen molar-refractivity contribution in [2.24, 2.45) is 5.92 Å². The summed E-state index contributed by atoms with van der Waals surface area (Å²) < 4.78 is 0. The average Bonchev–Trinajstić information content (AvgIpc) is 2.64. The SMILES string of the molecule is CCCCCC=CCC(CC(=O)Nc1cccc(N(CC)CC)c1)C(=O)O. The van der Waals surface area contributed by atoms with Gasteiger partial charge >= 0.3 is 5.97 Å². The number of anilines is 2. The average molecular weight is 375 g/mol. The molecule has 0 aliphatic heterocycles. The molecule has 5 heteroatoms. The first kappa shape index (κ1) is 22.7. The highest BCUT2D eigenvalue weighted by atomic mass is 16.4. The summed E-state index contributed by atoms with van der Waals surface area (Å²) in [5.41, 5.74) is 1.74. The van der Waals surface area contributed by atoms with Crippen LogP contribution >= 0.6 is 0 Å². The molecule has 27 heavy (non-hydrogen) atoms. The van der Waals surface area contributed by atoms with E-state index in [1.165, 1.54) is 12.8 Å². The summed E-state index contributed by atoms with van der Waals surface area (Å²) in [6.07, 6.45) is 8.71. The second-order valence-electron chi connectivity index (χ2n) is 6.71. The summed E-state index contributed by atoms with van der Waals surface area (Å²) >= 11 is 0. The van der Waals surface area contributed by atoms with E-state index < -0.39 is 11.9 Å². The Hall–Kier alpha value is -2.30. The van der Waals surface area contributed by atoms with Crippen molar-refractivity contribution in [3.8, 4) is 0 Å². The number of allylic oxidation sites excluding steroid dienone is 2. The van der Waals surface area contributed by atoms with Crippen LogP contribution in [0.3, 0.4) is 0 Å². The lowest BCUT2D eigenvalue weighted by molar-refractivity contribution is -0.143. The van der Waals surface area contributed by atoms with Crippen molar-refractivity contribution in [3.63, 3.8) is 0 Å². The predicted molar refractivity (Wildman–Crippen MR) is 112 cm³/mol. The predicted octanol–water partition coefficient (Wildman–Crippen LogP) is 5.09. The van der Waals surface area contributed by atoms with Gasteiger partial charge in [0.15, 0.2) is 0 Å². The van der Waals surface area contributed by atoms with E-state index in [2.05, 4.69) is 31.0 Å². The van der Waals surface area contributed by atoms with Gasteiger partial charge in [0.05, 0.1) is 5.92 Å². The molecule has 0 aliphatic carbocycles. The molecule has 1 amide bonds. The molecule has 0 aliphatic rings. The Bertz CT molecular complexity index is 609. The third-order valence-electron chi connectivity index (χ3n) is 4.60. The van der Waals surface area contributed by atoms with Crippen LogP contribution in [-0.4, -0.2) is 30.1 Å². The molecule has 1 rings (SSSR count). The van der Waals surface area contributed by atoms with E-state index in [-0.39, 0.29) is 12.3 Å². The van der Waals surface area contributed by atoms with Crippen molar-refractivity contribution >= 4 is 23.3 Å². The van der Waals surface area contributed by atoms with Gasteiger partial charge in [-0.05, 0) is 51.3 Å². The number of nitrogens with zero attached hydrogens (tertiary/aromatic N) is 1. The van der Waals surface area contributed by atoms with Crippen LogP contribution in [0.2, 0.25) is 0 Å². The van der Waals surface area contributed by atoms with Gasteiger partial charge in [0, 0.05) is 30.9 Å². The molecule has 0 heterocycles. The summed E-state index contributed by atoms with van der Waals surface area (Å²) in [6.45, 7) is 8.10. The van der Waals surface area contributed by atoms with Crippen LogP contribution in [-0.2, 0) is 9.59 Å². The maximum absolute atomic E-state index is 12.3. The Morgan fingerprint density at radius 2 is 1.89 bits per heavy atom. The molecule has 0 aromatic heterocycles. The summed E-state index contributed by atoms with van der Waals surface area (Å²) in [7, 11) is 0. The van der Waals surface area contributed by atoms with E-state index >= 15 is 0 Å². The maximum Gasteiger partial charge on any atom is 0.307 e. The molecule has 2 N–H and O–H groups in total. The first-order valence-corrected chi connectivity index (χ1v) is 10.0. The smallest absolute Gasteiger partial charge is 0.307 e. The second kappa shape index (κ2) is 13.0. The molecule has 0 saturated carbocycles. The monoisotopic (exact) mass is 374 g/mol. The molecule has 0 bridgehead atoms. The molecule has 0 saturated heterocycles. The number of carboxylic acid groups (broad SMARTS) is 1. The molecule has 0 radical (unpaired) electrons. The fourth-order valence-corrected chi connectivity index (χ4v) is 2.97. The van der Waals surface area contributed by atoms with Crippen molar-refractivity contribution < 1.29 is 14.7 Å². The topological polar surface area (TPSA) is 69.6 Å². The van der Waals surface area contributed by atoms with Crippen LogP contribution in [0.4, 0.5) is 11.4 Å². The zero-order valence-electron chi connectivity index (χ0n) is 16.9. The molecule has 150 valence electrons. The molecule has 1 aromatic rings. The molecule has 0 fully saturated rings. The number of aliphatic carboxylic acids is 1. The van der Waals surface area contributed by atoms with Crippen molar-refractivity contribution in [2.45, 2.75) is 59.3 Å². The highest BCUT2D eigenvalue weighted by molar-refractivity contribution is 5.93. The number of unbranched alkanes of at least 4 members (excludes halogenated alkanes) is 3. The minimum absolute atomic E-state index is 0.0237. The molecular formula is C22H34N2O3. The van der Waals surface area contributed by atoms with E-state index in [0.29, 0.717) is 12.1 Å². The molecule has 0 spiro atoms. The maximum atomic E-state index is 12.3. The summed E-state index contributed by atoms with van der Waals surface area (Å²) in [4.78, 5) is 26.0. The number of hydrogen-bond donors (Lipinski definition) is 2. The second-order valence-corrected chi connectivity index (χ2v) is 6.71. The molecular weight excluding hydrogens is 340 g/mol. The Morgan fingerprint density at radius 3 is 2.52 bits per heavy atom. The van der Waals surface area contributed by atoms with Gasteiger partial charge in [0.25, 0.3) is 0 Å². The van der Waals surface area contributed by atoms with E-state index in [9.17, 15) is 14.7 Å². The number of carbonyl (C=O) groups is 2. The minimum atomic E-state index is -0.930. The van der Waals surface area contributed by atoms with Gasteiger partial charge in [-0.25, -0.2) is 0 Å². The van der Waals surface area contributed by atoms with Gasteiger partial charge in [-0.1, -0.05) is 38.0 Å². The summed E-state index contributed by atoms with van der Waals surface area (Å²) in [5, 5.41) is 12.2. The third kappa shape index (κ3) is 8.76. The largest absolute Gasteiger partial charge is 0.481 e. The van der Waals surface area contributed by atoms with E-state index in [1.54, 1.807) is 0 Å². The lowest BCUT2D eigenvalue weighted by atomic mass is 10.0. The normalized spacial score (nSPS) is 12.1. The zero-order valence-corrected chi connectivity index (χ0v) is 16.9. The van der Waals surface area contributed by atoms with Crippen LogP contribution in [0.5, 0.6) is 0 Å². The van der Waals surface area contributed by atoms with Gasteiger partial charge in [0.2, 0.25) is 5.91 Å². The highest BCUT2D eigenvalue weighted by Crippen LogP contribution is 2.20. The van der Waals surface area contributed by atoms with Crippen molar-refractivity contribution in [1.29, 1.82) is 0 Å². The van der Waals surface area contributed by atoms with E-state index in [1.807, 2.05) is 36.4 Å². The lowest BCUT2D eigenvalue weighted by Gasteiger charge is -2.21. The van der Waals surface area contributed by atoms with Crippen molar-refractivity contribution in [2.75, 3.05) is 23.3 Å². The lowest BCUT2D eigenvalue weighted by Crippen LogP contribution is -2.23. The Kier molecular flexibility index (Phi) is 10.9. The number of carboxylic acids is 1. The standard InChI is InChI=1S/C22H34N2O3/c1-4-7-8-9-10-11-13-18(22(26)27)16-21(25)23-19-14-12-15-20(17-19)24(5-2)6-3/h10-12,14-15,17-18H,4-9,13,16H2,1-3H3,(H,23,25)(H,26,27). The van der Waals surface area contributed by atoms with Crippen LogP contribution < -0.4 is 10.2 Å². The molecule has 1 aromatic carbocycles. The van der Waals surface area contributed by atoms with E-state index in [0.717, 1.165) is 31.6 Å². The summed E-state index contributed by atoms with van der Waals surface area (Å²) in [6, 6.07) is 7.66. The fraction of sp³-hybridized carbons (Fsp3) is 0.545. The number of carbonyl (C=O) groups excluding carboxylic acids is 1. The summed E-state index contributed by atoms with van der Waals surface area (Å²) in [5.74, 6) is -1.89. The fourth-order valence-electron chi connectivity index (χ4n) is 2.97. The number of amides is 1. The Labute approximate surface area is 163 Å². The first-order chi connectivity index (χ1) is 13.0. The van der Waals surface area contributed by atoms with Crippen LogP contribution in [0.1, 0.15) is 59.3 Å². The van der Waals surface area contributed by atoms with Crippen LogP contribution in [0, 0.1) is 5.92 Å². The Balaban J connectivity index is 2.59. The molecule has 1 atom stereocenters. The molecule has 1 unspecified atom stereocenters. The van der Waals surface area contributed by atoms with Crippen molar-refractivity contribution in [1.82, 2.24) is 0 Å². The van der Waals surface area contributed by atoms with Crippen LogP contribution in [0.25, 0.3) is 0 Å². The van der Waals surface area contributed by atoms with Gasteiger partial charge in [-0.3, -0.25) is 9.59 Å². The first-order valence-electron chi connectivity index (χ1n) is 10.0. The number of rotatable bonds is 13. The number of benzene rings is 1. The van der Waals surface area contributed by atoms with E-state index in [4.69, 9.17) is 0 Å². The van der Waals surface area contributed by atoms with Gasteiger partial charge in [0.1, 0.15) is 0 Å². The Morgan fingerprint density at radius 1 is 1.15 bits per heavy atom. The number of nitrogens with one attached hydrogen (secondary N) is 1. The molecule has 5 nitrogen and oxygen atoms in total. The quantitative estimate of drug-likeness (QED) is 0.373. The minimum Gasteiger partial charge on any atom is -0.481 e. The van der Waals surface area contributed by atoms with Gasteiger partial charge in [-0.15, -0.1) is 0 Å². The third-order valence-corrected chi connectivity index (χ3v) is 4.60. The van der Waals surface area contributed by atoms with Gasteiger partial charge < -0.3 is 15.3 Å². The number of hydrogen-bond acceptors (Lipinski definition) is 3. The highest BCUT2D eigenvalue weighted by Gasteiger charge is 2.20. The zero-order chi connectivity index (χ0) is 20.1. The van der Waals surface area contributed by atoms with Gasteiger partial charge in [-0.2, -0.15) is 0 Å².